The molecule has 0 aromatic heterocycles. The Morgan fingerprint density at radius 3 is 2.70 bits per heavy atom. The van der Waals surface area contributed by atoms with Crippen LogP contribution in [-0.2, 0) is 9.53 Å². The van der Waals surface area contributed by atoms with Gasteiger partial charge in [-0.05, 0) is 13.8 Å². The lowest BCUT2D eigenvalue weighted by Gasteiger charge is -2.35. The number of rotatable bonds is 3. The number of carbonyl (C=O) groups is 1. The number of thioether (sulfide) groups is 1. The maximum Gasteiger partial charge on any atom is 0.152 e. The minimum atomic E-state index is -0.632. The Morgan fingerprint density at radius 2 is 2.20 bits per heavy atom. The van der Waals surface area contributed by atoms with E-state index in [2.05, 4.69) is 4.99 Å². The van der Waals surface area contributed by atoms with E-state index in [1.165, 1.54) is 0 Å². The summed E-state index contributed by atoms with van der Waals surface area (Å²) in [5.41, 5.74) is -0.785. The predicted molar refractivity (Wildman–Crippen MR) is 84.0 cm³/mol. The van der Waals surface area contributed by atoms with E-state index >= 15 is 0 Å². The predicted octanol–water partition coefficient (Wildman–Crippen LogP) is 1.20. The monoisotopic (exact) mass is 317 g/mol. The molecule has 114 valence electrons. The molecule has 0 spiro atoms. The Hall–Kier alpha value is -0.820. The summed E-state index contributed by atoms with van der Waals surface area (Å²) in [6.07, 6.45) is 0.242. The Morgan fingerprint density at radius 1 is 1.60 bits per heavy atom. The van der Waals surface area contributed by atoms with E-state index in [1.807, 2.05) is 18.7 Å². The van der Waals surface area contributed by atoms with Gasteiger partial charge in [0.05, 0.1) is 6.54 Å². The van der Waals surface area contributed by atoms with Crippen molar-refractivity contribution in [2.45, 2.75) is 51.1 Å². The van der Waals surface area contributed by atoms with Crippen LogP contribution in [0.1, 0.15) is 34.6 Å². The van der Waals surface area contributed by atoms with Gasteiger partial charge in [0.15, 0.2) is 6.29 Å². The summed E-state index contributed by atoms with van der Waals surface area (Å²) in [6, 6.07) is 0. The second-order valence-electron chi connectivity index (χ2n) is 6.21. The summed E-state index contributed by atoms with van der Waals surface area (Å²) < 4.78 is 5.10. The van der Waals surface area contributed by atoms with Crippen LogP contribution < -0.4 is 5.11 Å². The molecule has 7 heteroatoms. The molecule has 1 fully saturated rings. The lowest BCUT2D eigenvalue weighted by Crippen LogP contribution is -2.49. The number of carbonyl (C=O) groups excluding carboxylic acids is 1. The molecule has 1 rings (SSSR count). The van der Waals surface area contributed by atoms with Crippen LogP contribution in [0.2, 0.25) is 0 Å². The molecule has 0 aromatic rings. The molecule has 1 aliphatic rings. The molecule has 0 bridgehead atoms. The topological polar surface area (TPSA) is 65.0 Å². The third-order valence-electron chi connectivity index (χ3n) is 2.64. The van der Waals surface area contributed by atoms with Crippen molar-refractivity contribution in [1.29, 1.82) is 0 Å². The van der Waals surface area contributed by atoms with Crippen LogP contribution in [0.25, 0.3) is 0 Å². The van der Waals surface area contributed by atoms with Crippen LogP contribution in [-0.4, -0.2) is 51.1 Å². The van der Waals surface area contributed by atoms with Crippen LogP contribution in [0.4, 0.5) is 0 Å². The molecular formula is C13H21N2O3S2-. The molecule has 0 saturated carbocycles. The molecule has 20 heavy (non-hydrogen) atoms. The quantitative estimate of drug-likeness (QED) is 0.337. The molecule has 5 nitrogen and oxygen atoms in total. The van der Waals surface area contributed by atoms with Gasteiger partial charge in [0.1, 0.15) is 16.4 Å². The van der Waals surface area contributed by atoms with Crippen molar-refractivity contribution < 1.29 is 14.6 Å². The smallest absolute Gasteiger partial charge is 0.152 e. The minimum absolute atomic E-state index is 0.0680. The van der Waals surface area contributed by atoms with Crippen molar-refractivity contribution in [2.75, 3.05) is 12.3 Å². The molecule has 0 unspecified atom stereocenters. The first kappa shape index (κ1) is 17.2. The molecule has 1 aliphatic heterocycles. The fourth-order valence-corrected chi connectivity index (χ4v) is 3.71. The molecule has 0 aliphatic carbocycles. The second-order valence-corrected chi connectivity index (χ2v) is 7.79. The SMILES string of the molecule is CC(C)(C)OC([O-])=NCC(=S)N1[C@H](C=O)SCC1(C)C. The minimum Gasteiger partial charge on any atom is -0.595 e. The largest absolute Gasteiger partial charge is 0.595 e. The number of hydrogen-bond donors (Lipinski definition) is 0. The molecule has 1 atom stereocenters. The zero-order valence-corrected chi connectivity index (χ0v) is 14.1. The number of ether oxygens (including phenoxy) is 1. The summed E-state index contributed by atoms with van der Waals surface area (Å²) in [7, 11) is 0. The zero-order valence-electron chi connectivity index (χ0n) is 12.5. The highest BCUT2D eigenvalue weighted by molar-refractivity contribution is 8.00. The van der Waals surface area contributed by atoms with Gasteiger partial charge in [-0.25, -0.2) is 0 Å². The van der Waals surface area contributed by atoms with Crippen LogP contribution >= 0.6 is 24.0 Å². The molecular weight excluding hydrogens is 296 g/mol. The third kappa shape index (κ3) is 4.63. The molecule has 0 amide bonds. The van der Waals surface area contributed by atoms with Gasteiger partial charge in [-0.15, -0.1) is 11.8 Å². The molecule has 1 saturated heterocycles. The van der Waals surface area contributed by atoms with Gasteiger partial charge in [0.2, 0.25) is 0 Å². The summed E-state index contributed by atoms with van der Waals surface area (Å²) in [6.45, 7) is 9.44. The van der Waals surface area contributed by atoms with Crippen molar-refractivity contribution >= 4 is 41.3 Å². The second kappa shape index (κ2) is 6.30. The summed E-state index contributed by atoms with van der Waals surface area (Å²) in [5, 5.41) is 11.2. The van der Waals surface area contributed by atoms with Gasteiger partial charge in [0, 0.05) is 16.9 Å². The summed E-state index contributed by atoms with van der Waals surface area (Å²) in [4.78, 5) is 17.3. The first-order chi connectivity index (χ1) is 9.07. The number of thiocarbonyl (C=S) groups is 1. The van der Waals surface area contributed by atoms with Gasteiger partial charge < -0.3 is 19.5 Å². The van der Waals surface area contributed by atoms with Crippen molar-refractivity contribution in [3.05, 3.63) is 0 Å². The maximum absolute atomic E-state index is 11.5. The van der Waals surface area contributed by atoms with Gasteiger partial charge in [0.25, 0.3) is 0 Å². The van der Waals surface area contributed by atoms with Gasteiger partial charge in [-0.1, -0.05) is 33.0 Å². The summed E-state index contributed by atoms with van der Waals surface area (Å²) in [5.74, 6) is 0.809. The van der Waals surface area contributed by atoms with Crippen molar-refractivity contribution in [2.24, 2.45) is 4.99 Å². The van der Waals surface area contributed by atoms with Gasteiger partial charge in [-0.3, -0.25) is 4.99 Å². The van der Waals surface area contributed by atoms with Crippen LogP contribution in [0.3, 0.4) is 0 Å². The first-order valence-corrected chi connectivity index (χ1v) is 7.82. The number of aliphatic imine (C=N–C) groups is 1. The van der Waals surface area contributed by atoms with Gasteiger partial charge in [-0.2, -0.15) is 0 Å². The number of hydrogen-bond acceptors (Lipinski definition) is 6. The lowest BCUT2D eigenvalue weighted by atomic mass is 10.1. The fourth-order valence-electron chi connectivity index (χ4n) is 1.86. The Bertz CT molecular complexity index is 416. The standard InChI is InChI=1S/C13H22N2O3S2/c1-12(2,3)18-11(17)14-6-9(19)15-10(7-16)20-8-13(15,4)5/h7,10H,6,8H2,1-5H3,(H,14,17)/p-1/t10-/m0/s1. The summed E-state index contributed by atoms with van der Waals surface area (Å²) >= 11 is 6.86. The first-order valence-electron chi connectivity index (χ1n) is 6.36. The Balaban J connectivity index is 2.70. The van der Waals surface area contributed by atoms with Gasteiger partial charge >= 0.3 is 0 Å². The zero-order chi connectivity index (χ0) is 15.6. The Labute approximate surface area is 129 Å². The highest BCUT2D eigenvalue weighted by Gasteiger charge is 2.41. The van der Waals surface area contributed by atoms with E-state index in [-0.39, 0.29) is 17.5 Å². The van der Waals surface area contributed by atoms with E-state index in [9.17, 15) is 9.90 Å². The van der Waals surface area contributed by atoms with E-state index in [0.29, 0.717) is 4.99 Å². The van der Waals surface area contributed by atoms with Crippen LogP contribution in [0.15, 0.2) is 4.99 Å². The molecule has 1 heterocycles. The third-order valence-corrected chi connectivity index (χ3v) is 4.50. The molecule has 0 N–H and O–H groups in total. The van der Waals surface area contributed by atoms with Crippen LogP contribution in [0, 0.1) is 0 Å². The van der Waals surface area contributed by atoms with Crippen molar-refractivity contribution in [1.82, 2.24) is 4.90 Å². The number of nitrogens with zero attached hydrogens (tertiary/aromatic N) is 2. The lowest BCUT2D eigenvalue weighted by molar-refractivity contribution is -0.260. The Kier molecular flexibility index (Phi) is 5.43. The van der Waals surface area contributed by atoms with Crippen LogP contribution in [0.5, 0.6) is 0 Å². The highest BCUT2D eigenvalue weighted by Crippen LogP contribution is 2.35. The fraction of sp³-hybridized carbons (Fsp3) is 0.769. The average molecular weight is 317 g/mol. The average Bonchev–Trinajstić information content (AvgIpc) is 2.59. The van der Waals surface area contributed by atoms with Crippen molar-refractivity contribution in [3.8, 4) is 0 Å². The van der Waals surface area contributed by atoms with E-state index in [0.717, 1.165) is 12.0 Å². The van der Waals surface area contributed by atoms with E-state index in [1.54, 1.807) is 32.5 Å². The maximum atomic E-state index is 11.5. The van der Waals surface area contributed by atoms with Crippen molar-refractivity contribution in [3.63, 3.8) is 0 Å². The van der Waals surface area contributed by atoms with E-state index in [4.69, 9.17) is 17.0 Å². The normalized spacial score (nSPS) is 22.8. The van der Waals surface area contributed by atoms with E-state index < -0.39 is 11.7 Å². The highest BCUT2D eigenvalue weighted by atomic mass is 32.2. The molecule has 0 aromatic carbocycles. The molecule has 0 radical (unpaired) electrons. The number of aldehydes is 1.